The van der Waals surface area contributed by atoms with Gasteiger partial charge in [0.25, 0.3) is 16.7 Å². The molecular weight excluding hydrogens is 1510 g/mol. The molecule has 114 heavy (non-hydrogen) atoms. The predicted molar refractivity (Wildman–Crippen MR) is 449 cm³/mol. The standard InChI is InChI=1S/C33H51N5O4S.C29H43N5O4S.C22H29N5O4S/c1-7-12-15-26(10-4)23-37(24-27(11-5)16-13-8-2)43(41,42)29-19-17-28(18-20-29)35-36-31-25(6)30(22-34)32(39)38(33(31)40)21-14-9-3;1-6-10-13-23(9-4)21-34-28(35)26(20-30)22(5)27(29(34)36)32-31-24-14-16-25(17-15-24)39(37,38)33(18-11-7-2)19-12-8-3;1-5-9-14-27-21(28)19(15-23)18(6-2)20(22(27)29)25-24-16-10-12-17(13-11-16)32(30,31)26(7-3)8-4/h17-20,26-27,39H,7-16,21,23-24H2,1-6H3;14-17,23,35H,6-13,18-19,21H2,1-5H3;10-13,28H,5-9,14H2,1-4H3. The monoisotopic (exact) mass is 1630 g/mol. The molecule has 3 unspecified atom stereocenters. The lowest BCUT2D eigenvalue weighted by molar-refractivity contribution is 0.270. The van der Waals surface area contributed by atoms with Gasteiger partial charge in [0, 0.05) is 75.6 Å². The van der Waals surface area contributed by atoms with Crippen molar-refractivity contribution in [2.75, 3.05) is 39.3 Å². The first kappa shape index (κ1) is 97.3. The minimum atomic E-state index is -3.74. The first-order chi connectivity index (χ1) is 54.5. The molecule has 624 valence electrons. The molecule has 6 rings (SSSR count). The van der Waals surface area contributed by atoms with Crippen molar-refractivity contribution in [2.45, 2.75) is 273 Å². The fourth-order valence-corrected chi connectivity index (χ4v) is 17.5. The Morgan fingerprint density at radius 3 is 1.03 bits per heavy atom. The van der Waals surface area contributed by atoms with Crippen LogP contribution in [0.1, 0.15) is 252 Å². The summed E-state index contributed by atoms with van der Waals surface area (Å²) in [6, 6.07) is 24.1. The van der Waals surface area contributed by atoms with Crippen molar-refractivity contribution in [1.29, 1.82) is 15.8 Å². The highest BCUT2D eigenvalue weighted by molar-refractivity contribution is 7.89. The first-order valence-electron chi connectivity index (χ1n) is 40.7. The highest BCUT2D eigenvalue weighted by Gasteiger charge is 2.31. The predicted octanol–water partition coefficient (Wildman–Crippen LogP) is 19.6. The Morgan fingerprint density at radius 2 is 0.693 bits per heavy atom. The van der Waals surface area contributed by atoms with Crippen LogP contribution in [0, 0.1) is 65.6 Å². The topological polar surface area (TPSA) is 384 Å². The molecule has 6 aromatic rings. The van der Waals surface area contributed by atoms with Gasteiger partial charge in [-0.3, -0.25) is 28.1 Å². The van der Waals surface area contributed by atoms with Gasteiger partial charge in [0.15, 0.2) is 17.1 Å². The molecule has 0 aliphatic carbocycles. The van der Waals surface area contributed by atoms with E-state index < -0.39 is 46.7 Å². The summed E-state index contributed by atoms with van der Waals surface area (Å²) < 4.78 is 87.7. The average Bonchev–Trinajstić information content (AvgIpc) is 0.785. The van der Waals surface area contributed by atoms with Crippen LogP contribution in [0.15, 0.2) is 133 Å². The molecular formula is C84H123N15O12S3. The Labute approximate surface area is 677 Å². The molecule has 3 atom stereocenters. The smallest absolute Gasteiger partial charge is 0.281 e. The molecule has 0 saturated carbocycles. The van der Waals surface area contributed by atoms with Gasteiger partial charge in [0.1, 0.15) is 34.9 Å². The van der Waals surface area contributed by atoms with Crippen molar-refractivity contribution in [1.82, 2.24) is 26.6 Å². The second kappa shape index (κ2) is 49.0. The minimum absolute atomic E-state index is 0.00204. The summed E-state index contributed by atoms with van der Waals surface area (Å²) in [7, 11) is -11.0. The number of rotatable bonds is 45. The lowest BCUT2D eigenvalue weighted by Gasteiger charge is -2.30. The maximum absolute atomic E-state index is 14.0. The molecule has 0 fully saturated rings. The molecule has 0 amide bonds. The van der Waals surface area contributed by atoms with E-state index in [-0.39, 0.29) is 103 Å². The van der Waals surface area contributed by atoms with Crippen LogP contribution < -0.4 is 16.7 Å². The Morgan fingerprint density at radius 1 is 0.386 bits per heavy atom. The fourth-order valence-electron chi connectivity index (χ4n) is 12.9. The maximum atomic E-state index is 14.0. The number of nitrogens with zero attached hydrogens (tertiary/aromatic N) is 15. The normalized spacial score (nSPS) is 12.8. The van der Waals surface area contributed by atoms with E-state index in [4.69, 9.17) is 0 Å². The number of nitriles is 3. The van der Waals surface area contributed by atoms with E-state index in [0.29, 0.717) is 93.0 Å². The molecule has 3 aromatic carbocycles. The number of sulfonamides is 3. The Kier molecular flexibility index (Phi) is 41.8. The van der Waals surface area contributed by atoms with Crippen molar-refractivity contribution in [3.63, 3.8) is 0 Å². The zero-order valence-electron chi connectivity index (χ0n) is 69.8. The summed E-state index contributed by atoms with van der Waals surface area (Å²) in [5.41, 5.74) is 0.327. The Hall–Kier alpha value is -9.09. The van der Waals surface area contributed by atoms with Gasteiger partial charge >= 0.3 is 0 Å². The highest BCUT2D eigenvalue weighted by atomic mass is 32.2. The van der Waals surface area contributed by atoms with Crippen LogP contribution >= 0.6 is 0 Å². The second-order valence-corrected chi connectivity index (χ2v) is 34.3. The van der Waals surface area contributed by atoms with Crippen molar-refractivity contribution < 1.29 is 40.6 Å². The average molecular weight is 1630 g/mol. The van der Waals surface area contributed by atoms with Crippen LogP contribution in [0.2, 0.25) is 0 Å². The molecule has 30 heteroatoms. The quantitative estimate of drug-likeness (QED) is 0.0299. The van der Waals surface area contributed by atoms with E-state index in [1.54, 1.807) is 75.3 Å². The molecule has 0 aliphatic rings. The maximum Gasteiger partial charge on any atom is 0.281 e. The van der Waals surface area contributed by atoms with Crippen LogP contribution in [0.3, 0.4) is 0 Å². The van der Waals surface area contributed by atoms with E-state index in [0.717, 1.165) is 125 Å². The van der Waals surface area contributed by atoms with E-state index in [2.05, 4.69) is 65.3 Å². The van der Waals surface area contributed by atoms with Gasteiger partial charge in [0.2, 0.25) is 47.7 Å². The number of aromatic hydroxyl groups is 3. The SMILES string of the molecule is CCCCC(CC)CN(CC(CC)CCCC)S(=O)(=O)c1ccc(N=Nc2c(C)c(C#N)c(O)n(CCCC)c2=O)cc1.CCCCC(CC)Cn1c(O)c(C#N)c(C)c(N=Nc2ccc(S(=O)(=O)N(CCCC)CCCC)cc2)c1=O.CCCCn1c(O)c(C#N)c(CC)c(N=Nc2ccc(S(=O)(=O)N(CC)CC)cc2)c1=O. The van der Waals surface area contributed by atoms with Crippen LogP contribution in [-0.2, 0) is 56.1 Å². The molecule has 0 aliphatic heterocycles. The van der Waals surface area contributed by atoms with Gasteiger partial charge < -0.3 is 15.3 Å². The van der Waals surface area contributed by atoms with Gasteiger partial charge in [-0.2, -0.15) is 44.0 Å². The molecule has 0 radical (unpaired) electrons. The van der Waals surface area contributed by atoms with Crippen LogP contribution in [0.25, 0.3) is 0 Å². The summed E-state index contributed by atoms with van der Waals surface area (Å²) in [4.78, 5) is 39.9. The molecule has 0 spiro atoms. The number of unbranched alkanes of at least 4 members (excludes halogenated alkanes) is 7. The zero-order chi connectivity index (χ0) is 84.9. The van der Waals surface area contributed by atoms with Gasteiger partial charge in [0.05, 0.1) is 31.7 Å². The third-order valence-corrected chi connectivity index (χ3v) is 26.3. The van der Waals surface area contributed by atoms with Gasteiger partial charge in [-0.05, 0) is 156 Å². The molecule has 3 N–H and O–H groups in total. The van der Waals surface area contributed by atoms with E-state index in [1.807, 2.05) is 52.8 Å². The molecule has 27 nitrogen and oxygen atoms in total. The number of aromatic nitrogens is 3. The number of pyridine rings is 3. The lowest BCUT2D eigenvalue weighted by atomic mass is 9.97. The first-order valence-corrected chi connectivity index (χ1v) is 45.0. The van der Waals surface area contributed by atoms with Crippen molar-refractivity contribution in [2.24, 2.45) is 48.4 Å². The fraction of sp³-hybridized carbons (Fsp3) is 0.571. The van der Waals surface area contributed by atoms with Gasteiger partial charge in [-0.1, -0.05) is 173 Å². The van der Waals surface area contributed by atoms with Crippen molar-refractivity contribution in [3.8, 4) is 35.8 Å². The van der Waals surface area contributed by atoms with Gasteiger partial charge in [-0.25, -0.2) is 25.3 Å². The van der Waals surface area contributed by atoms with Crippen LogP contribution in [-0.4, -0.2) is 106 Å². The third kappa shape index (κ3) is 26.2. The molecule has 3 heterocycles. The summed E-state index contributed by atoms with van der Waals surface area (Å²) in [5.74, 6) is -0.279. The van der Waals surface area contributed by atoms with Crippen molar-refractivity contribution in [3.05, 3.63) is 137 Å². The van der Waals surface area contributed by atoms with Gasteiger partial charge in [-0.15, -0.1) is 15.3 Å². The summed E-state index contributed by atoms with van der Waals surface area (Å²) in [6.45, 7) is 32.6. The number of azo groups is 3. The van der Waals surface area contributed by atoms with Crippen LogP contribution in [0.5, 0.6) is 17.6 Å². The third-order valence-electron chi connectivity index (χ3n) is 20.4. The minimum Gasteiger partial charge on any atom is -0.493 e. The number of hydrogen-bond donors (Lipinski definition) is 3. The van der Waals surface area contributed by atoms with E-state index in [1.165, 1.54) is 49.6 Å². The van der Waals surface area contributed by atoms with Crippen molar-refractivity contribution >= 4 is 64.2 Å². The van der Waals surface area contributed by atoms with E-state index >= 15 is 0 Å². The molecule has 3 aromatic heterocycles. The highest BCUT2D eigenvalue weighted by Crippen LogP contribution is 2.34. The largest absolute Gasteiger partial charge is 0.493 e. The summed E-state index contributed by atoms with van der Waals surface area (Å²) in [5, 5.41) is 85.2. The number of benzene rings is 3. The summed E-state index contributed by atoms with van der Waals surface area (Å²) in [6.07, 6.45) is 18.6. The van der Waals surface area contributed by atoms with Crippen LogP contribution in [0.4, 0.5) is 34.1 Å². The zero-order valence-corrected chi connectivity index (χ0v) is 72.3. The molecule has 0 bridgehead atoms. The molecule has 0 saturated heterocycles. The lowest BCUT2D eigenvalue weighted by Crippen LogP contribution is -2.39. The Bertz CT molecular complexity index is 4820. The second-order valence-electron chi connectivity index (χ2n) is 28.4. The number of hydrogen-bond acceptors (Lipinski definition) is 21. The summed E-state index contributed by atoms with van der Waals surface area (Å²) >= 11 is 0. The Balaban J connectivity index is 0.000000364. The van der Waals surface area contributed by atoms with E-state index in [9.17, 15) is 70.7 Å².